The van der Waals surface area contributed by atoms with Crippen LogP contribution in [0.25, 0.3) is 0 Å². The molecule has 1 unspecified atom stereocenters. The van der Waals surface area contributed by atoms with Crippen LogP contribution in [-0.4, -0.2) is 0 Å². The molecule has 0 spiro atoms. The summed E-state index contributed by atoms with van der Waals surface area (Å²) in [6, 6.07) is 9.21. The molecule has 0 bridgehead atoms. The molecule has 0 nitrogen and oxygen atoms in total. The normalized spacial score (nSPS) is 12.5. The van der Waals surface area contributed by atoms with Crippen molar-refractivity contribution >= 4 is 11.6 Å². The van der Waals surface area contributed by atoms with Gasteiger partial charge in [-0.25, -0.2) is 4.39 Å². The van der Waals surface area contributed by atoms with Crippen molar-refractivity contribution in [2.75, 3.05) is 0 Å². The number of hydrogen-bond acceptors (Lipinski definition) is 0. The molecule has 0 N–H and O–H groups in total. The van der Waals surface area contributed by atoms with Crippen LogP contribution in [-0.2, 0) is 0 Å². The Balaban J connectivity index is 2.52. The molecule has 2 heteroatoms. The van der Waals surface area contributed by atoms with Gasteiger partial charge in [-0.2, -0.15) is 0 Å². The van der Waals surface area contributed by atoms with Crippen LogP contribution in [0.2, 0.25) is 0 Å². The first-order valence-corrected chi connectivity index (χ1v) is 6.81. The predicted molar refractivity (Wildman–Crippen MR) is 79.5 cm³/mol. The van der Waals surface area contributed by atoms with Crippen molar-refractivity contribution in [3.05, 3.63) is 69.5 Å². The van der Waals surface area contributed by atoms with E-state index >= 15 is 0 Å². The van der Waals surface area contributed by atoms with Crippen molar-refractivity contribution in [3.8, 4) is 0 Å². The van der Waals surface area contributed by atoms with Crippen molar-refractivity contribution in [1.29, 1.82) is 0 Å². The molecule has 0 aliphatic heterocycles. The maximum atomic E-state index is 13.5. The van der Waals surface area contributed by atoms with Gasteiger partial charge in [0.2, 0.25) is 0 Å². The lowest BCUT2D eigenvalue weighted by molar-refractivity contribution is 0.624. The smallest absolute Gasteiger partial charge is 0.123 e. The van der Waals surface area contributed by atoms with Crippen molar-refractivity contribution in [2.24, 2.45) is 0 Å². The lowest BCUT2D eigenvalue weighted by Crippen LogP contribution is -2.01. The summed E-state index contributed by atoms with van der Waals surface area (Å²) in [5.41, 5.74) is 6.31. The third-order valence-electron chi connectivity index (χ3n) is 3.35. The second kappa shape index (κ2) is 5.34. The van der Waals surface area contributed by atoms with Gasteiger partial charge in [0.1, 0.15) is 5.82 Å². The number of hydrogen-bond donors (Lipinski definition) is 0. The van der Waals surface area contributed by atoms with E-state index in [1.165, 1.54) is 17.7 Å². The first-order chi connectivity index (χ1) is 8.88. The van der Waals surface area contributed by atoms with Crippen LogP contribution in [0.4, 0.5) is 4.39 Å². The van der Waals surface area contributed by atoms with Gasteiger partial charge in [0.15, 0.2) is 0 Å². The zero-order valence-corrected chi connectivity index (χ0v) is 12.5. The molecule has 2 aromatic carbocycles. The summed E-state index contributed by atoms with van der Waals surface area (Å²) in [5.74, 6) is -0.233. The number of halogens is 2. The van der Waals surface area contributed by atoms with E-state index in [1.54, 1.807) is 0 Å². The van der Waals surface area contributed by atoms with Gasteiger partial charge in [0, 0.05) is 0 Å². The highest BCUT2D eigenvalue weighted by Crippen LogP contribution is 2.34. The molecule has 2 rings (SSSR count). The van der Waals surface area contributed by atoms with Crippen LogP contribution in [0.1, 0.15) is 38.8 Å². The molecule has 0 amide bonds. The highest BCUT2D eigenvalue weighted by atomic mass is 35.5. The molecule has 2 aromatic rings. The molecule has 0 fully saturated rings. The van der Waals surface area contributed by atoms with E-state index in [4.69, 9.17) is 11.6 Å². The average Bonchev–Trinajstić information content (AvgIpc) is 2.25. The fraction of sp³-hybridized carbons (Fsp3) is 0.294. The molecule has 0 radical (unpaired) electrons. The van der Waals surface area contributed by atoms with Gasteiger partial charge < -0.3 is 0 Å². The highest BCUT2D eigenvalue weighted by molar-refractivity contribution is 6.22. The summed E-state index contributed by atoms with van der Waals surface area (Å²) in [7, 11) is 0. The van der Waals surface area contributed by atoms with Gasteiger partial charge in [-0.3, -0.25) is 0 Å². The van der Waals surface area contributed by atoms with Crippen LogP contribution in [0.3, 0.4) is 0 Å². The Hall–Kier alpha value is -1.34. The molecule has 19 heavy (non-hydrogen) atoms. The summed E-state index contributed by atoms with van der Waals surface area (Å²) in [6.45, 7) is 8.05. The standard InChI is InChI=1S/C17H18ClF/c1-10-5-12(3)16(13(4)6-10)17(18)14-7-11(2)8-15(19)9-14/h5-9,17H,1-4H3. The summed E-state index contributed by atoms with van der Waals surface area (Å²) in [4.78, 5) is 0. The van der Waals surface area contributed by atoms with Gasteiger partial charge in [0.05, 0.1) is 5.38 Å². The van der Waals surface area contributed by atoms with E-state index in [-0.39, 0.29) is 11.2 Å². The molecular weight excluding hydrogens is 259 g/mol. The molecule has 0 aliphatic carbocycles. The van der Waals surface area contributed by atoms with Crippen molar-refractivity contribution in [2.45, 2.75) is 33.1 Å². The van der Waals surface area contributed by atoms with Gasteiger partial charge in [-0.15, -0.1) is 11.6 Å². The second-order valence-electron chi connectivity index (χ2n) is 5.24. The maximum absolute atomic E-state index is 13.5. The monoisotopic (exact) mass is 276 g/mol. The molecule has 0 saturated heterocycles. The summed E-state index contributed by atoms with van der Waals surface area (Å²) in [5, 5.41) is -0.310. The molecule has 100 valence electrons. The number of alkyl halides is 1. The quantitative estimate of drug-likeness (QED) is 0.645. The van der Waals surface area contributed by atoms with Crippen molar-refractivity contribution in [1.82, 2.24) is 0 Å². The summed E-state index contributed by atoms with van der Waals surface area (Å²) < 4.78 is 13.5. The van der Waals surface area contributed by atoms with Crippen LogP contribution in [0, 0.1) is 33.5 Å². The Bertz CT molecular complexity index is 573. The predicted octanol–water partition coefficient (Wildman–Crippen LogP) is 5.39. The minimum absolute atomic E-state index is 0.233. The number of benzene rings is 2. The van der Waals surface area contributed by atoms with E-state index in [1.807, 2.05) is 13.0 Å². The van der Waals surface area contributed by atoms with E-state index < -0.39 is 0 Å². The van der Waals surface area contributed by atoms with Crippen molar-refractivity contribution < 1.29 is 4.39 Å². The second-order valence-corrected chi connectivity index (χ2v) is 5.67. The van der Waals surface area contributed by atoms with E-state index in [0.29, 0.717) is 0 Å². The minimum atomic E-state index is -0.310. The van der Waals surface area contributed by atoms with Gasteiger partial charge in [0.25, 0.3) is 0 Å². The first-order valence-electron chi connectivity index (χ1n) is 6.37. The van der Waals surface area contributed by atoms with E-state index in [2.05, 4.69) is 32.9 Å². The maximum Gasteiger partial charge on any atom is 0.123 e. The Morgan fingerprint density at radius 3 is 1.89 bits per heavy atom. The molecular formula is C17H18ClF. The molecule has 0 heterocycles. The van der Waals surface area contributed by atoms with Crippen LogP contribution < -0.4 is 0 Å². The van der Waals surface area contributed by atoms with Crippen molar-refractivity contribution in [3.63, 3.8) is 0 Å². The fourth-order valence-corrected chi connectivity index (χ4v) is 3.14. The van der Waals surface area contributed by atoms with Crippen LogP contribution >= 0.6 is 11.6 Å². The Kier molecular flexibility index (Phi) is 3.96. The topological polar surface area (TPSA) is 0 Å². The largest absolute Gasteiger partial charge is 0.207 e. The molecule has 1 atom stereocenters. The molecule has 0 saturated carbocycles. The van der Waals surface area contributed by atoms with Gasteiger partial charge >= 0.3 is 0 Å². The first kappa shape index (κ1) is 14.1. The fourth-order valence-electron chi connectivity index (χ4n) is 2.67. The third-order valence-corrected chi connectivity index (χ3v) is 3.82. The number of rotatable bonds is 2. The molecule has 0 aliphatic rings. The number of aryl methyl sites for hydroxylation is 4. The minimum Gasteiger partial charge on any atom is -0.207 e. The summed E-state index contributed by atoms with van der Waals surface area (Å²) >= 11 is 6.57. The lowest BCUT2D eigenvalue weighted by Gasteiger charge is -2.17. The van der Waals surface area contributed by atoms with E-state index in [9.17, 15) is 4.39 Å². The Labute approximate surface area is 119 Å². The zero-order valence-electron chi connectivity index (χ0n) is 11.7. The highest BCUT2D eigenvalue weighted by Gasteiger charge is 2.17. The van der Waals surface area contributed by atoms with Gasteiger partial charge in [-0.05, 0) is 67.6 Å². The SMILES string of the molecule is Cc1cc(F)cc(C(Cl)c2c(C)cc(C)cc2C)c1. The lowest BCUT2D eigenvalue weighted by atomic mass is 9.93. The van der Waals surface area contributed by atoms with Crippen LogP contribution in [0.15, 0.2) is 30.3 Å². The molecule has 0 aromatic heterocycles. The third kappa shape index (κ3) is 2.98. The Morgan fingerprint density at radius 1 is 0.842 bits per heavy atom. The van der Waals surface area contributed by atoms with E-state index in [0.717, 1.165) is 27.8 Å². The average molecular weight is 277 g/mol. The van der Waals surface area contributed by atoms with Crippen LogP contribution in [0.5, 0.6) is 0 Å². The zero-order chi connectivity index (χ0) is 14.2. The summed E-state index contributed by atoms with van der Waals surface area (Å²) in [6.07, 6.45) is 0. The van der Waals surface area contributed by atoms with Gasteiger partial charge in [-0.1, -0.05) is 23.8 Å². The Morgan fingerprint density at radius 2 is 1.37 bits per heavy atom.